The first-order valence-electron chi connectivity index (χ1n) is 9.16. The number of rotatable bonds is 8. The summed E-state index contributed by atoms with van der Waals surface area (Å²) in [7, 11) is 1.48. The van der Waals surface area contributed by atoms with Crippen molar-refractivity contribution < 1.29 is 24.2 Å². The number of aryl methyl sites for hydroxylation is 1. The number of aliphatic carboxylic acids is 1. The van der Waals surface area contributed by atoms with E-state index in [0.29, 0.717) is 20.0 Å². The number of nitrogens with one attached hydrogen (secondary N) is 2. The molecule has 1 aliphatic heterocycles. The van der Waals surface area contributed by atoms with Crippen molar-refractivity contribution in [1.29, 1.82) is 0 Å². The number of amides is 1. The first-order chi connectivity index (χ1) is 14.4. The van der Waals surface area contributed by atoms with Crippen molar-refractivity contribution in [2.45, 2.75) is 18.8 Å². The van der Waals surface area contributed by atoms with E-state index >= 15 is 0 Å². The molecule has 0 aliphatic carbocycles. The third-order valence-corrected chi connectivity index (χ3v) is 6.11. The van der Waals surface area contributed by atoms with Crippen molar-refractivity contribution in [2.24, 2.45) is 0 Å². The molecule has 3 N–H and O–H groups in total. The number of carboxylic acid groups (broad SMARTS) is 1. The summed E-state index contributed by atoms with van der Waals surface area (Å²) in [6.45, 7) is 1.64. The van der Waals surface area contributed by atoms with Crippen LogP contribution in [0.2, 0.25) is 0 Å². The molecular formula is C21H21IN2O5S. The number of halogens is 1. The van der Waals surface area contributed by atoms with Crippen LogP contribution in [0.5, 0.6) is 11.5 Å². The molecule has 1 heterocycles. The molecule has 1 saturated heterocycles. The molecule has 30 heavy (non-hydrogen) atoms. The number of carboxylic acids is 1. The van der Waals surface area contributed by atoms with Crippen LogP contribution < -0.4 is 20.1 Å². The maximum Gasteiger partial charge on any atom is 0.341 e. The van der Waals surface area contributed by atoms with Crippen molar-refractivity contribution in [2.75, 3.05) is 19.0 Å². The van der Waals surface area contributed by atoms with E-state index in [9.17, 15) is 9.59 Å². The number of benzene rings is 2. The van der Waals surface area contributed by atoms with Gasteiger partial charge in [0.1, 0.15) is 0 Å². The fourth-order valence-corrected chi connectivity index (χ4v) is 4.57. The first kappa shape index (κ1) is 22.3. The molecule has 0 spiro atoms. The number of anilines is 1. The summed E-state index contributed by atoms with van der Waals surface area (Å²) in [6, 6.07) is 11.6. The molecule has 1 aliphatic rings. The Morgan fingerprint density at radius 1 is 1.33 bits per heavy atom. The van der Waals surface area contributed by atoms with Crippen molar-refractivity contribution in [3.05, 3.63) is 56.0 Å². The number of ether oxygens (including phenoxy) is 2. The zero-order valence-corrected chi connectivity index (χ0v) is 19.4. The Bertz CT molecular complexity index is 978. The lowest BCUT2D eigenvalue weighted by molar-refractivity contribution is -0.139. The minimum Gasteiger partial charge on any atom is -0.493 e. The van der Waals surface area contributed by atoms with Crippen LogP contribution in [0.4, 0.5) is 5.69 Å². The van der Waals surface area contributed by atoms with Gasteiger partial charge in [0.2, 0.25) is 0 Å². The highest BCUT2D eigenvalue weighted by Crippen LogP contribution is 2.36. The van der Waals surface area contributed by atoms with Crippen molar-refractivity contribution in [1.82, 2.24) is 5.32 Å². The van der Waals surface area contributed by atoms with E-state index in [1.165, 1.54) is 24.4 Å². The molecule has 0 radical (unpaired) electrons. The summed E-state index contributed by atoms with van der Waals surface area (Å²) in [4.78, 5) is 23.7. The van der Waals surface area contributed by atoms with Crippen LogP contribution in [-0.2, 0) is 16.0 Å². The number of thioether (sulfide) groups is 1. The van der Waals surface area contributed by atoms with Crippen molar-refractivity contribution in [3.8, 4) is 11.5 Å². The van der Waals surface area contributed by atoms with Crippen LogP contribution in [0, 0.1) is 3.57 Å². The number of carbonyl (C=O) groups is 2. The molecule has 158 valence electrons. The first-order valence-corrected chi connectivity index (χ1v) is 11.1. The van der Waals surface area contributed by atoms with E-state index in [1.54, 1.807) is 12.1 Å². The number of hydrogen-bond donors (Lipinski definition) is 3. The third-order valence-electron chi connectivity index (χ3n) is 4.28. The average molecular weight is 540 g/mol. The second kappa shape index (κ2) is 10.1. The van der Waals surface area contributed by atoms with E-state index in [2.05, 4.69) is 52.3 Å². The Morgan fingerprint density at radius 2 is 2.07 bits per heavy atom. The lowest BCUT2D eigenvalue weighted by Gasteiger charge is -2.13. The summed E-state index contributed by atoms with van der Waals surface area (Å²) in [5.74, 6) is -0.464. The molecule has 7 nitrogen and oxygen atoms in total. The van der Waals surface area contributed by atoms with Gasteiger partial charge < -0.3 is 25.2 Å². The zero-order valence-electron chi connectivity index (χ0n) is 16.4. The van der Waals surface area contributed by atoms with Gasteiger partial charge in [0.05, 0.1) is 15.6 Å². The maximum atomic E-state index is 12.4. The molecule has 1 amide bonds. The Morgan fingerprint density at radius 3 is 2.70 bits per heavy atom. The average Bonchev–Trinajstić information content (AvgIpc) is 3.05. The largest absolute Gasteiger partial charge is 0.493 e. The van der Waals surface area contributed by atoms with E-state index in [1.807, 2.05) is 18.2 Å². The topological polar surface area (TPSA) is 96.9 Å². The van der Waals surface area contributed by atoms with Gasteiger partial charge in [-0.2, -0.15) is 0 Å². The van der Waals surface area contributed by atoms with Crippen LogP contribution in [0.25, 0.3) is 6.08 Å². The standard InChI is InChI=1S/C21H21IN2O5S/c1-3-12-4-6-14(7-5-12)23-21-24-20(27)17(30-21)10-13-8-15(22)19(16(9-13)28-2)29-11-18(25)26/h4-10,21,23H,3,11H2,1-2H3,(H,24,27)(H,25,26)/b17-10-/t21-/m0/s1. The minimum absolute atomic E-state index is 0.164. The van der Waals surface area contributed by atoms with Gasteiger partial charge in [0.15, 0.2) is 23.6 Å². The van der Waals surface area contributed by atoms with Crippen molar-refractivity contribution >= 4 is 58.0 Å². The fourth-order valence-electron chi connectivity index (χ4n) is 2.80. The third kappa shape index (κ3) is 5.60. The van der Waals surface area contributed by atoms with Gasteiger partial charge in [-0.3, -0.25) is 4.79 Å². The summed E-state index contributed by atoms with van der Waals surface area (Å²) < 4.78 is 11.3. The SMILES string of the molecule is CCc1ccc(N[C@H]2NC(=O)/C(=C/c3cc(I)c(OCC(=O)O)c(OC)c3)S2)cc1. The summed E-state index contributed by atoms with van der Waals surface area (Å²) in [5, 5.41) is 15.0. The van der Waals surface area contributed by atoms with Gasteiger partial charge in [-0.15, -0.1) is 0 Å². The second-order valence-electron chi connectivity index (χ2n) is 6.39. The second-order valence-corrected chi connectivity index (χ2v) is 8.70. The quantitative estimate of drug-likeness (QED) is 0.345. The van der Waals surface area contributed by atoms with Gasteiger partial charge in [-0.25, -0.2) is 4.79 Å². The number of carbonyl (C=O) groups excluding carboxylic acids is 1. The molecule has 0 saturated carbocycles. The predicted octanol–water partition coefficient (Wildman–Crippen LogP) is 3.93. The maximum absolute atomic E-state index is 12.4. The van der Waals surface area contributed by atoms with Gasteiger partial charge >= 0.3 is 5.97 Å². The molecule has 0 aromatic heterocycles. The van der Waals surface area contributed by atoms with Crippen LogP contribution in [-0.4, -0.2) is 36.2 Å². The summed E-state index contributed by atoms with van der Waals surface area (Å²) >= 11 is 3.44. The summed E-state index contributed by atoms with van der Waals surface area (Å²) in [5.41, 5.74) is 2.67. The Balaban J connectivity index is 1.74. The highest BCUT2D eigenvalue weighted by molar-refractivity contribution is 14.1. The molecule has 0 bridgehead atoms. The van der Waals surface area contributed by atoms with Crippen LogP contribution in [0.15, 0.2) is 41.3 Å². The summed E-state index contributed by atoms with van der Waals surface area (Å²) in [6.07, 6.45) is 2.75. The lowest BCUT2D eigenvalue weighted by Crippen LogP contribution is -2.30. The normalized spacial score (nSPS) is 17.0. The Hall–Kier alpha value is -2.40. The van der Waals surface area contributed by atoms with Crippen LogP contribution >= 0.6 is 34.4 Å². The Kier molecular flexibility index (Phi) is 7.48. The smallest absolute Gasteiger partial charge is 0.341 e. The Labute approximate surface area is 192 Å². The highest BCUT2D eigenvalue weighted by atomic mass is 127. The zero-order chi connectivity index (χ0) is 21.7. The van der Waals surface area contributed by atoms with E-state index < -0.39 is 12.6 Å². The van der Waals surface area contributed by atoms with Crippen LogP contribution in [0.1, 0.15) is 18.1 Å². The predicted molar refractivity (Wildman–Crippen MR) is 126 cm³/mol. The lowest BCUT2D eigenvalue weighted by atomic mass is 10.1. The van der Waals surface area contributed by atoms with E-state index in [0.717, 1.165) is 17.7 Å². The molecule has 1 fully saturated rings. The molecular weight excluding hydrogens is 519 g/mol. The molecule has 0 unspecified atom stereocenters. The molecule has 2 aromatic carbocycles. The monoisotopic (exact) mass is 540 g/mol. The van der Waals surface area contributed by atoms with Gasteiger partial charge in [-0.1, -0.05) is 30.8 Å². The molecule has 9 heteroatoms. The number of methoxy groups -OCH3 is 1. The number of hydrogen-bond acceptors (Lipinski definition) is 6. The van der Waals surface area contributed by atoms with Crippen LogP contribution in [0.3, 0.4) is 0 Å². The van der Waals surface area contributed by atoms with Gasteiger partial charge in [-0.05, 0) is 70.5 Å². The van der Waals surface area contributed by atoms with Gasteiger partial charge in [0, 0.05) is 5.69 Å². The van der Waals surface area contributed by atoms with Crippen molar-refractivity contribution in [3.63, 3.8) is 0 Å². The molecule has 2 aromatic rings. The highest BCUT2D eigenvalue weighted by Gasteiger charge is 2.27. The van der Waals surface area contributed by atoms with Gasteiger partial charge in [0.25, 0.3) is 5.91 Å². The minimum atomic E-state index is -1.07. The fraction of sp³-hybridized carbons (Fsp3) is 0.238. The molecule has 1 atom stereocenters. The van der Waals surface area contributed by atoms with E-state index in [4.69, 9.17) is 14.6 Å². The van der Waals surface area contributed by atoms with E-state index in [-0.39, 0.29) is 11.4 Å². The molecule has 3 rings (SSSR count).